The molecule has 3 nitrogen and oxygen atoms in total. The Morgan fingerprint density at radius 2 is 2.06 bits per heavy atom. The van der Waals surface area contributed by atoms with E-state index in [-0.39, 0.29) is 6.09 Å². The molecule has 2 aliphatic rings. The van der Waals surface area contributed by atoms with Gasteiger partial charge in [-0.3, -0.25) is 0 Å². The molecule has 2 aliphatic carbocycles. The minimum atomic E-state index is -0.312. The molecule has 1 saturated carbocycles. The van der Waals surface area contributed by atoms with Crippen molar-refractivity contribution >= 4 is 6.09 Å². The van der Waals surface area contributed by atoms with Crippen LogP contribution in [-0.2, 0) is 4.74 Å². The number of unbranched alkanes of at least 4 members (excludes halogenated alkanes) is 1. The average molecular weight is 249 g/mol. The lowest BCUT2D eigenvalue weighted by molar-refractivity contribution is 0.185. The molecular formula is C15H23NO2. The smallest absolute Gasteiger partial charge is 0.412 e. The van der Waals surface area contributed by atoms with Gasteiger partial charge < -0.3 is 10.1 Å². The molecule has 0 aliphatic heterocycles. The Balaban J connectivity index is 1.72. The third-order valence-electron chi connectivity index (χ3n) is 3.79. The van der Waals surface area contributed by atoms with Crippen LogP contribution in [0.1, 0.15) is 45.4 Å². The molecule has 2 unspecified atom stereocenters. The third kappa shape index (κ3) is 3.62. The van der Waals surface area contributed by atoms with E-state index in [4.69, 9.17) is 4.74 Å². The van der Waals surface area contributed by atoms with Crippen LogP contribution in [0.2, 0.25) is 0 Å². The maximum absolute atomic E-state index is 11.4. The number of allylic oxidation sites excluding steroid dienone is 3. The molecule has 3 heteroatoms. The van der Waals surface area contributed by atoms with Gasteiger partial charge in [-0.05, 0) is 49.5 Å². The van der Waals surface area contributed by atoms with Crippen LogP contribution in [0.25, 0.3) is 0 Å². The number of hydrogen-bond donors (Lipinski definition) is 1. The van der Waals surface area contributed by atoms with Crippen molar-refractivity contribution < 1.29 is 9.53 Å². The standard InChI is InChI=1S/C15H23NO2/c1-2-3-10-16-15(17)18-11-14-12-8-6-4-5-7-9-13(12)14/h4-5,11-13H,2-3,6-10H2,1H3,(H,16,17). The molecule has 0 aromatic rings. The van der Waals surface area contributed by atoms with E-state index in [2.05, 4.69) is 24.4 Å². The first-order chi connectivity index (χ1) is 8.83. The molecule has 0 aromatic heterocycles. The van der Waals surface area contributed by atoms with Crippen molar-refractivity contribution in [3.63, 3.8) is 0 Å². The molecule has 100 valence electrons. The third-order valence-corrected chi connectivity index (χ3v) is 3.79. The molecule has 2 atom stereocenters. The van der Waals surface area contributed by atoms with E-state index in [1.807, 2.05) is 0 Å². The van der Waals surface area contributed by atoms with Crippen LogP contribution in [-0.4, -0.2) is 12.6 Å². The second-order valence-electron chi connectivity index (χ2n) is 5.14. The maximum Gasteiger partial charge on any atom is 0.412 e. The summed E-state index contributed by atoms with van der Waals surface area (Å²) in [6.07, 6.45) is 12.7. The minimum Gasteiger partial charge on any atom is -0.418 e. The number of hydrogen-bond acceptors (Lipinski definition) is 2. The normalized spacial score (nSPS) is 25.7. The van der Waals surface area contributed by atoms with Gasteiger partial charge in [0.25, 0.3) is 0 Å². The molecule has 0 saturated heterocycles. The van der Waals surface area contributed by atoms with Gasteiger partial charge in [-0.25, -0.2) is 4.79 Å². The summed E-state index contributed by atoms with van der Waals surface area (Å²) in [6, 6.07) is 0. The topological polar surface area (TPSA) is 38.3 Å². The van der Waals surface area contributed by atoms with Crippen molar-refractivity contribution in [1.29, 1.82) is 0 Å². The Kier molecular flexibility index (Phi) is 4.85. The Labute approximate surface area is 109 Å². The number of alkyl carbamates (subject to hydrolysis) is 1. The molecule has 2 rings (SSSR count). The lowest BCUT2D eigenvalue weighted by Crippen LogP contribution is -2.23. The van der Waals surface area contributed by atoms with Gasteiger partial charge in [0.05, 0.1) is 6.26 Å². The zero-order valence-corrected chi connectivity index (χ0v) is 11.2. The SMILES string of the molecule is CCCCNC(=O)OC=C1C2CCC=CCCC12. The number of carbonyl (C=O) groups excluding carboxylic acids is 1. The van der Waals surface area contributed by atoms with Crippen LogP contribution in [0.4, 0.5) is 4.79 Å². The van der Waals surface area contributed by atoms with Gasteiger partial charge in [0, 0.05) is 6.54 Å². The van der Waals surface area contributed by atoms with E-state index in [1.54, 1.807) is 6.26 Å². The van der Waals surface area contributed by atoms with Gasteiger partial charge in [0.2, 0.25) is 0 Å². The van der Waals surface area contributed by atoms with Crippen molar-refractivity contribution in [1.82, 2.24) is 5.32 Å². The second kappa shape index (κ2) is 6.62. The number of amides is 1. The summed E-state index contributed by atoms with van der Waals surface area (Å²) in [5.41, 5.74) is 1.34. The van der Waals surface area contributed by atoms with Crippen molar-refractivity contribution in [2.75, 3.05) is 6.54 Å². The van der Waals surface area contributed by atoms with Gasteiger partial charge >= 0.3 is 6.09 Å². The zero-order valence-electron chi connectivity index (χ0n) is 11.2. The highest BCUT2D eigenvalue weighted by Crippen LogP contribution is 2.52. The van der Waals surface area contributed by atoms with Gasteiger partial charge in [-0.15, -0.1) is 0 Å². The Bertz CT molecular complexity index is 328. The van der Waals surface area contributed by atoms with Crippen LogP contribution >= 0.6 is 0 Å². The number of carbonyl (C=O) groups is 1. The van der Waals surface area contributed by atoms with Gasteiger partial charge in [0.1, 0.15) is 0 Å². The molecule has 18 heavy (non-hydrogen) atoms. The van der Waals surface area contributed by atoms with Gasteiger partial charge in [-0.2, -0.15) is 0 Å². The lowest BCUT2D eigenvalue weighted by Gasteiger charge is -2.01. The van der Waals surface area contributed by atoms with Crippen molar-refractivity contribution in [2.24, 2.45) is 11.8 Å². The van der Waals surface area contributed by atoms with E-state index >= 15 is 0 Å². The highest BCUT2D eigenvalue weighted by molar-refractivity contribution is 5.68. The van der Waals surface area contributed by atoms with Crippen LogP contribution in [0.5, 0.6) is 0 Å². The van der Waals surface area contributed by atoms with E-state index in [1.165, 1.54) is 18.4 Å². The first-order valence-electron chi connectivity index (χ1n) is 7.12. The fraction of sp³-hybridized carbons (Fsp3) is 0.667. The highest BCUT2D eigenvalue weighted by Gasteiger charge is 2.43. The largest absolute Gasteiger partial charge is 0.418 e. The van der Waals surface area contributed by atoms with E-state index in [9.17, 15) is 4.79 Å². The number of ether oxygens (including phenoxy) is 1. The van der Waals surface area contributed by atoms with Crippen molar-refractivity contribution in [3.8, 4) is 0 Å². The molecule has 0 aromatic carbocycles. The zero-order chi connectivity index (χ0) is 12.8. The first-order valence-corrected chi connectivity index (χ1v) is 7.12. The van der Waals surface area contributed by atoms with E-state index in [0.717, 1.165) is 25.7 Å². The summed E-state index contributed by atoms with van der Waals surface area (Å²) >= 11 is 0. The van der Waals surface area contributed by atoms with Crippen molar-refractivity contribution in [2.45, 2.75) is 45.4 Å². The minimum absolute atomic E-state index is 0.312. The Hall–Kier alpha value is -1.25. The van der Waals surface area contributed by atoms with Crippen LogP contribution < -0.4 is 5.32 Å². The summed E-state index contributed by atoms with van der Waals surface area (Å²) in [7, 11) is 0. The van der Waals surface area contributed by atoms with Crippen LogP contribution in [0, 0.1) is 11.8 Å². The summed E-state index contributed by atoms with van der Waals surface area (Å²) in [6.45, 7) is 2.80. The maximum atomic E-state index is 11.4. The van der Waals surface area contributed by atoms with Crippen LogP contribution in [0.3, 0.4) is 0 Å². The Morgan fingerprint density at radius 1 is 1.39 bits per heavy atom. The molecular weight excluding hydrogens is 226 g/mol. The Morgan fingerprint density at radius 3 is 2.67 bits per heavy atom. The average Bonchev–Trinajstić information content (AvgIpc) is 2.97. The number of fused-ring (bicyclic) bond motifs is 1. The molecule has 1 fully saturated rings. The molecule has 0 spiro atoms. The summed E-state index contributed by atoms with van der Waals surface area (Å²) in [5.74, 6) is 1.33. The fourth-order valence-electron chi connectivity index (χ4n) is 2.63. The summed E-state index contributed by atoms with van der Waals surface area (Å²) in [5, 5.41) is 2.75. The number of nitrogens with one attached hydrogen (secondary N) is 1. The molecule has 1 N–H and O–H groups in total. The highest BCUT2D eigenvalue weighted by atomic mass is 16.5. The molecule has 0 bridgehead atoms. The fourth-order valence-corrected chi connectivity index (χ4v) is 2.63. The quantitative estimate of drug-likeness (QED) is 0.468. The summed E-state index contributed by atoms with van der Waals surface area (Å²) < 4.78 is 5.15. The predicted octanol–water partition coefficient (Wildman–Crippen LogP) is 3.77. The van der Waals surface area contributed by atoms with Gasteiger partial charge in [0.15, 0.2) is 0 Å². The lowest BCUT2D eigenvalue weighted by atomic mass is 10.1. The molecule has 0 radical (unpaired) electrons. The molecule has 0 heterocycles. The monoisotopic (exact) mass is 249 g/mol. The predicted molar refractivity (Wildman–Crippen MR) is 72.1 cm³/mol. The van der Waals surface area contributed by atoms with E-state index in [0.29, 0.717) is 18.4 Å². The first kappa shape index (κ1) is 13.2. The van der Waals surface area contributed by atoms with E-state index < -0.39 is 0 Å². The number of rotatable bonds is 4. The van der Waals surface area contributed by atoms with Crippen molar-refractivity contribution in [3.05, 3.63) is 24.0 Å². The summed E-state index contributed by atoms with van der Waals surface area (Å²) in [4.78, 5) is 11.4. The molecule has 1 amide bonds. The van der Waals surface area contributed by atoms with Crippen LogP contribution in [0.15, 0.2) is 24.0 Å². The van der Waals surface area contributed by atoms with Gasteiger partial charge in [-0.1, -0.05) is 25.5 Å². The second-order valence-corrected chi connectivity index (χ2v) is 5.14.